The molecule has 1 aromatic carbocycles. The minimum atomic E-state index is -0.576. The largest absolute Gasteiger partial charge is 0.451 e. The number of carbonyl (C=O) groups excluding carboxylic acids is 2. The lowest BCUT2D eigenvalue weighted by Crippen LogP contribution is -2.49. The first kappa shape index (κ1) is 18.5. The molecule has 1 saturated heterocycles. The van der Waals surface area contributed by atoms with Crippen LogP contribution in [0.25, 0.3) is 10.1 Å². The van der Waals surface area contributed by atoms with Gasteiger partial charge in [-0.2, -0.15) is 0 Å². The van der Waals surface area contributed by atoms with Crippen molar-refractivity contribution < 1.29 is 14.3 Å². The maximum Gasteiger partial charge on any atom is 0.350 e. The van der Waals surface area contributed by atoms with Crippen LogP contribution in [-0.4, -0.2) is 35.5 Å². The third-order valence-electron chi connectivity index (χ3n) is 4.59. The lowest BCUT2D eigenvalue weighted by Gasteiger charge is -2.38. The Balaban J connectivity index is 1.70. The molecule has 0 saturated carbocycles. The Kier molecular flexibility index (Phi) is 5.56. The molecule has 1 aliphatic heterocycles. The molecule has 134 valence electrons. The van der Waals surface area contributed by atoms with Gasteiger partial charge in [-0.25, -0.2) is 4.79 Å². The lowest BCUT2D eigenvalue weighted by atomic mass is 9.97. The summed E-state index contributed by atoms with van der Waals surface area (Å²) >= 11 is 13.5. The summed E-state index contributed by atoms with van der Waals surface area (Å²) in [7, 11) is 0. The number of hydrogen-bond donors (Lipinski definition) is 0. The molecule has 2 atom stereocenters. The molecule has 0 spiro atoms. The van der Waals surface area contributed by atoms with Crippen LogP contribution in [0.2, 0.25) is 10.0 Å². The Hall–Kier alpha value is -1.30. The Morgan fingerprint density at radius 3 is 2.60 bits per heavy atom. The summed E-state index contributed by atoms with van der Waals surface area (Å²) in [6, 6.07) is 5.59. The fourth-order valence-electron chi connectivity index (χ4n) is 3.35. The molecule has 0 N–H and O–H groups in total. The number of likely N-dealkylation sites (tertiary alicyclic amines) is 1. The number of benzene rings is 1. The van der Waals surface area contributed by atoms with Gasteiger partial charge in [-0.15, -0.1) is 11.3 Å². The summed E-state index contributed by atoms with van der Waals surface area (Å²) in [6.45, 7) is 3.79. The molecule has 7 heteroatoms. The number of carbonyl (C=O) groups is 2. The molecule has 0 bridgehead atoms. The Labute approximate surface area is 160 Å². The van der Waals surface area contributed by atoms with E-state index in [-0.39, 0.29) is 24.6 Å². The Morgan fingerprint density at radius 2 is 1.92 bits per heavy atom. The quantitative estimate of drug-likeness (QED) is 0.669. The molecule has 0 unspecified atom stereocenters. The third kappa shape index (κ3) is 3.78. The molecule has 2 aromatic rings. The van der Waals surface area contributed by atoms with E-state index in [1.165, 1.54) is 11.3 Å². The molecule has 1 aliphatic rings. The van der Waals surface area contributed by atoms with Gasteiger partial charge >= 0.3 is 5.97 Å². The number of hydrogen-bond acceptors (Lipinski definition) is 4. The SMILES string of the molecule is C[C@@H]1CCC[C@@H](C)N1C(=O)COC(=O)c1sc2cc(Cl)ccc2c1Cl. The van der Waals surface area contributed by atoms with E-state index in [0.717, 1.165) is 29.3 Å². The number of amides is 1. The van der Waals surface area contributed by atoms with Crippen LogP contribution in [0.1, 0.15) is 42.8 Å². The average Bonchev–Trinajstić information content (AvgIpc) is 2.88. The Bertz CT molecular complexity index is 810. The number of esters is 1. The highest BCUT2D eigenvalue weighted by Gasteiger charge is 2.30. The van der Waals surface area contributed by atoms with Crippen molar-refractivity contribution in [1.82, 2.24) is 4.90 Å². The topological polar surface area (TPSA) is 46.6 Å². The van der Waals surface area contributed by atoms with E-state index in [2.05, 4.69) is 0 Å². The number of ether oxygens (including phenoxy) is 1. The molecule has 25 heavy (non-hydrogen) atoms. The highest BCUT2D eigenvalue weighted by atomic mass is 35.5. The van der Waals surface area contributed by atoms with Crippen LogP contribution >= 0.6 is 34.5 Å². The molecule has 1 amide bonds. The maximum absolute atomic E-state index is 12.5. The van der Waals surface area contributed by atoms with E-state index in [0.29, 0.717) is 14.9 Å². The van der Waals surface area contributed by atoms with E-state index in [9.17, 15) is 9.59 Å². The first-order chi connectivity index (χ1) is 11.9. The number of piperidine rings is 1. The van der Waals surface area contributed by atoms with Gasteiger partial charge in [0.1, 0.15) is 4.88 Å². The molecule has 4 nitrogen and oxygen atoms in total. The van der Waals surface area contributed by atoms with Crippen molar-refractivity contribution in [3.05, 3.63) is 33.1 Å². The van der Waals surface area contributed by atoms with Crippen LogP contribution in [0.15, 0.2) is 18.2 Å². The molecule has 0 radical (unpaired) electrons. The molecule has 0 aliphatic carbocycles. The van der Waals surface area contributed by atoms with Crippen molar-refractivity contribution in [2.45, 2.75) is 45.2 Å². The van der Waals surface area contributed by atoms with Gasteiger partial charge in [0, 0.05) is 27.2 Å². The zero-order valence-corrected chi connectivity index (χ0v) is 16.4. The van der Waals surface area contributed by atoms with Crippen molar-refractivity contribution in [3.8, 4) is 0 Å². The van der Waals surface area contributed by atoms with Gasteiger partial charge in [-0.05, 0) is 45.2 Å². The molecule has 3 rings (SSSR count). The van der Waals surface area contributed by atoms with Crippen LogP contribution in [0, 0.1) is 0 Å². The fourth-order valence-corrected chi connectivity index (χ4v) is 5.03. The van der Waals surface area contributed by atoms with Gasteiger partial charge in [0.25, 0.3) is 5.91 Å². The van der Waals surface area contributed by atoms with Crippen LogP contribution in [0.3, 0.4) is 0 Å². The van der Waals surface area contributed by atoms with E-state index in [1.807, 2.05) is 18.7 Å². The van der Waals surface area contributed by atoms with E-state index >= 15 is 0 Å². The normalized spacial score (nSPS) is 20.7. The summed E-state index contributed by atoms with van der Waals surface area (Å²) in [5.74, 6) is -0.735. The Morgan fingerprint density at radius 1 is 1.24 bits per heavy atom. The molecule has 2 heterocycles. The number of rotatable bonds is 3. The van der Waals surface area contributed by atoms with Gasteiger partial charge in [0.05, 0.1) is 5.02 Å². The lowest BCUT2D eigenvalue weighted by molar-refractivity contribution is -0.140. The summed E-state index contributed by atoms with van der Waals surface area (Å²) < 4.78 is 6.06. The summed E-state index contributed by atoms with van der Waals surface area (Å²) in [5.41, 5.74) is 0. The van der Waals surface area contributed by atoms with Crippen molar-refractivity contribution in [2.24, 2.45) is 0 Å². The maximum atomic E-state index is 12.5. The second kappa shape index (κ2) is 7.52. The van der Waals surface area contributed by atoms with Crippen LogP contribution < -0.4 is 0 Å². The zero-order chi connectivity index (χ0) is 18.1. The van der Waals surface area contributed by atoms with Crippen molar-refractivity contribution in [3.63, 3.8) is 0 Å². The molecule has 1 aromatic heterocycles. The van der Waals surface area contributed by atoms with Gasteiger partial charge in [-0.1, -0.05) is 29.3 Å². The minimum Gasteiger partial charge on any atom is -0.451 e. The molecular formula is C18H19Cl2NO3S. The van der Waals surface area contributed by atoms with Crippen molar-refractivity contribution >= 4 is 56.5 Å². The van der Waals surface area contributed by atoms with Gasteiger partial charge in [0.2, 0.25) is 0 Å². The zero-order valence-electron chi connectivity index (χ0n) is 14.1. The number of fused-ring (bicyclic) bond motifs is 1. The fraction of sp³-hybridized carbons (Fsp3) is 0.444. The van der Waals surface area contributed by atoms with Crippen LogP contribution in [-0.2, 0) is 9.53 Å². The first-order valence-electron chi connectivity index (χ1n) is 8.24. The van der Waals surface area contributed by atoms with Gasteiger partial charge < -0.3 is 9.64 Å². The minimum absolute atomic E-state index is 0.159. The monoisotopic (exact) mass is 399 g/mol. The first-order valence-corrected chi connectivity index (χ1v) is 9.81. The predicted octanol–water partition coefficient (Wildman–Crippen LogP) is 5.15. The third-order valence-corrected chi connectivity index (χ3v) is 6.46. The van der Waals surface area contributed by atoms with Crippen LogP contribution in [0.4, 0.5) is 0 Å². The number of nitrogens with zero attached hydrogens (tertiary/aromatic N) is 1. The second-order valence-corrected chi connectivity index (χ2v) is 8.26. The standard InChI is InChI=1S/C18H19Cl2NO3S/c1-10-4-3-5-11(2)21(10)15(22)9-24-18(23)17-16(20)13-7-6-12(19)8-14(13)25-17/h6-8,10-11H,3-5,9H2,1-2H3/t10-,11-/m1/s1. The summed E-state index contributed by atoms with van der Waals surface area (Å²) in [4.78, 5) is 26.9. The second-order valence-electron chi connectivity index (χ2n) is 6.39. The smallest absolute Gasteiger partial charge is 0.350 e. The average molecular weight is 400 g/mol. The van der Waals surface area contributed by atoms with Crippen molar-refractivity contribution in [1.29, 1.82) is 0 Å². The highest BCUT2D eigenvalue weighted by Crippen LogP contribution is 2.37. The van der Waals surface area contributed by atoms with Crippen LogP contribution in [0.5, 0.6) is 0 Å². The number of halogens is 2. The van der Waals surface area contributed by atoms with E-state index in [4.69, 9.17) is 27.9 Å². The van der Waals surface area contributed by atoms with E-state index in [1.54, 1.807) is 18.2 Å². The summed E-state index contributed by atoms with van der Waals surface area (Å²) in [5, 5.41) is 1.68. The molecular weight excluding hydrogens is 381 g/mol. The number of thiophene rings is 1. The van der Waals surface area contributed by atoms with E-state index < -0.39 is 5.97 Å². The predicted molar refractivity (Wildman–Crippen MR) is 102 cm³/mol. The molecule has 1 fully saturated rings. The van der Waals surface area contributed by atoms with Crippen molar-refractivity contribution in [2.75, 3.05) is 6.61 Å². The van der Waals surface area contributed by atoms with Gasteiger partial charge in [0.15, 0.2) is 6.61 Å². The summed E-state index contributed by atoms with van der Waals surface area (Å²) in [6.07, 6.45) is 3.08. The van der Waals surface area contributed by atoms with Gasteiger partial charge in [-0.3, -0.25) is 4.79 Å². The highest BCUT2D eigenvalue weighted by molar-refractivity contribution is 7.21.